The van der Waals surface area contributed by atoms with Crippen LogP contribution in [-0.4, -0.2) is 23.0 Å². The average molecular weight is 289 g/mol. The predicted molar refractivity (Wildman–Crippen MR) is 78.1 cm³/mol. The number of hydrogen-bond donors (Lipinski definition) is 1. The Morgan fingerprint density at radius 1 is 1.25 bits per heavy atom. The largest absolute Gasteiger partial charge is 0.456 e. The van der Waals surface area contributed by atoms with E-state index in [9.17, 15) is 9.59 Å². The second-order valence-electron chi connectivity index (χ2n) is 4.28. The van der Waals surface area contributed by atoms with Crippen LogP contribution in [0.1, 0.15) is 33.3 Å². The van der Waals surface area contributed by atoms with E-state index in [1.807, 2.05) is 30.5 Å². The van der Waals surface area contributed by atoms with Crippen molar-refractivity contribution in [2.45, 2.75) is 18.4 Å². The van der Waals surface area contributed by atoms with Gasteiger partial charge in [-0.15, -0.1) is 11.8 Å². The zero-order valence-electron chi connectivity index (χ0n) is 11.3. The van der Waals surface area contributed by atoms with E-state index < -0.39 is 5.97 Å². The van der Waals surface area contributed by atoms with E-state index in [1.165, 1.54) is 19.2 Å². The smallest absolute Gasteiger partial charge is 0.355 e. The molecule has 2 aromatic rings. The van der Waals surface area contributed by atoms with Gasteiger partial charge in [0.1, 0.15) is 12.3 Å². The van der Waals surface area contributed by atoms with Crippen LogP contribution in [0.5, 0.6) is 0 Å². The molecule has 4 nitrogen and oxygen atoms in total. The van der Waals surface area contributed by atoms with Crippen molar-refractivity contribution in [1.29, 1.82) is 0 Å². The summed E-state index contributed by atoms with van der Waals surface area (Å²) in [4.78, 5) is 26.9. The number of nitrogens with one attached hydrogen (secondary N) is 1. The SMILES string of the molecule is CSc1ccc(COC(=O)c2cc(C(C)=O)c[nH]2)cc1. The Bertz CT molecular complexity index is 616. The van der Waals surface area contributed by atoms with Crippen LogP contribution >= 0.6 is 11.8 Å². The molecule has 0 spiro atoms. The molecule has 20 heavy (non-hydrogen) atoms. The van der Waals surface area contributed by atoms with Crippen LogP contribution in [0.15, 0.2) is 41.4 Å². The van der Waals surface area contributed by atoms with Gasteiger partial charge in [0.05, 0.1) is 0 Å². The first kappa shape index (κ1) is 14.4. The lowest BCUT2D eigenvalue weighted by Gasteiger charge is -2.04. The zero-order valence-corrected chi connectivity index (χ0v) is 12.1. The minimum absolute atomic E-state index is 0.0899. The van der Waals surface area contributed by atoms with Gasteiger partial charge in [0.25, 0.3) is 0 Å². The highest BCUT2D eigenvalue weighted by atomic mass is 32.2. The summed E-state index contributed by atoms with van der Waals surface area (Å²) in [5.74, 6) is -0.556. The number of carbonyl (C=O) groups is 2. The standard InChI is InChI=1S/C15H15NO3S/c1-10(17)12-7-14(16-8-12)15(18)19-9-11-3-5-13(20-2)6-4-11/h3-8,16H,9H2,1-2H3. The van der Waals surface area contributed by atoms with Crippen molar-refractivity contribution in [3.05, 3.63) is 53.3 Å². The van der Waals surface area contributed by atoms with E-state index in [-0.39, 0.29) is 18.1 Å². The third-order valence-corrected chi connectivity index (χ3v) is 3.58. The van der Waals surface area contributed by atoms with Crippen LogP contribution in [0.3, 0.4) is 0 Å². The molecule has 0 aliphatic heterocycles. The Morgan fingerprint density at radius 2 is 1.95 bits per heavy atom. The number of aromatic nitrogens is 1. The molecule has 1 aromatic heterocycles. The van der Waals surface area contributed by atoms with Gasteiger partial charge in [0, 0.05) is 16.7 Å². The molecule has 104 valence electrons. The number of ketones is 1. The van der Waals surface area contributed by atoms with Crippen LogP contribution in [-0.2, 0) is 11.3 Å². The van der Waals surface area contributed by atoms with Gasteiger partial charge < -0.3 is 9.72 Å². The van der Waals surface area contributed by atoms with E-state index in [1.54, 1.807) is 11.8 Å². The lowest BCUT2D eigenvalue weighted by Crippen LogP contribution is -2.05. The van der Waals surface area contributed by atoms with Gasteiger partial charge in [0.15, 0.2) is 5.78 Å². The van der Waals surface area contributed by atoms with Gasteiger partial charge in [-0.3, -0.25) is 4.79 Å². The lowest BCUT2D eigenvalue weighted by atomic mass is 10.2. The maximum Gasteiger partial charge on any atom is 0.355 e. The Morgan fingerprint density at radius 3 is 2.50 bits per heavy atom. The number of hydrogen-bond acceptors (Lipinski definition) is 4. The Labute approximate surface area is 121 Å². The first-order valence-electron chi connectivity index (χ1n) is 6.09. The number of Topliss-reactive ketones (excluding diaryl/α,β-unsaturated/α-hetero) is 1. The summed E-state index contributed by atoms with van der Waals surface area (Å²) in [6.07, 6.45) is 3.51. The van der Waals surface area contributed by atoms with E-state index in [2.05, 4.69) is 4.98 Å². The second-order valence-corrected chi connectivity index (χ2v) is 5.16. The maximum absolute atomic E-state index is 11.8. The molecule has 0 fully saturated rings. The molecule has 0 aliphatic carbocycles. The van der Waals surface area contributed by atoms with Crippen LogP contribution in [0, 0.1) is 0 Å². The molecule has 0 saturated carbocycles. The number of benzene rings is 1. The molecule has 0 bridgehead atoms. The molecule has 1 heterocycles. The first-order valence-corrected chi connectivity index (χ1v) is 7.32. The monoisotopic (exact) mass is 289 g/mol. The average Bonchev–Trinajstić information content (AvgIpc) is 2.95. The fraction of sp³-hybridized carbons (Fsp3) is 0.200. The normalized spacial score (nSPS) is 10.3. The van der Waals surface area contributed by atoms with Crippen LogP contribution in [0.2, 0.25) is 0 Å². The summed E-state index contributed by atoms with van der Waals surface area (Å²) in [7, 11) is 0. The molecule has 0 unspecified atom stereocenters. The van der Waals surface area contributed by atoms with Crippen molar-refractivity contribution in [3.63, 3.8) is 0 Å². The van der Waals surface area contributed by atoms with E-state index in [0.29, 0.717) is 5.56 Å². The van der Waals surface area contributed by atoms with Crippen molar-refractivity contribution in [2.24, 2.45) is 0 Å². The van der Waals surface area contributed by atoms with E-state index in [0.717, 1.165) is 10.5 Å². The van der Waals surface area contributed by atoms with Crippen LogP contribution in [0.4, 0.5) is 0 Å². The van der Waals surface area contributed by atoms with Gasteiger partial charge >= 0.3 is 5.97 Å². The Kier molecular flexibility index (Phi) is 4.63. The summed E-state index contributed by atoms with van der Waals surface area (Å²) in [6.45, 7) is 1.66. The van der Waals surface area contributed by atoms with Crippen molar-refractivity contribution < 1.29 is 14.3 Å². The molecule has 0 saturated heterocycles. The number of H-pyrrole nitrogens is 1. The number of thioether (sulfide) groups is 1. The number of rotatable bonds is 5. The van der Waals surface area contributed by atoms with Crippen molar-refractivity contribution in [3.8, 4) is 0 Å². The first-order chi connectivity index (χ1) is 9.60. The number of esters is 1. The van der Waals surface area contributed by atoms with Crippen molar-refractivity contribution in [2.75, 3.05) is 6.26 Å². The topological polar surface area (TPSA) is 59.2 Å². The molecule has 0 aliphatic rings. The molecular formula is C15H15NO3S. The van der Waals surface area contributed by atoms with Gasteiger partial charge in [0.2, 0.25) is 0 Å². The fourth-order valence-electron chi connectivity index (χ4n) is 1.66. The highest BCUT2D eigenvalue weighted by Gasteiger charge is 2.12. The van der Waals surface area contributed by atoms with Gasteiger partial charge in [-0.05, 0) is 36.9 Å². The number of carbonyl (C=O) groups excluding carboxylic acids is 2. The predicted octanol–water partition coefficient (Wildman–Crippen LogP) is 3.30. The molecule has 0 radical (unpaired) electrons. The van der Waals surface area contributed by atoms with Crippen LogP contribution < -0.4 is 0 Å². The molecule has 1 N–H and O–H groups in total. The molecule has 2 rings (SSSR count). The van der Waals surface area contributed by atoms with Crippen molar-refractivity contribution >= 4 is 23.5 Å². The third kappa shape index (κ3) is 3.51. The molecule has 0 amide bonds. The molecule has 1 aromatic carbocycles. The lowest BCUT2D eigenvalue weighted by molar-refractivity contribution is 0.0466. The minimum atomic E-state index is -0.466. The van der Waals surface area contributed by atoms with Crippen molar-refractivity contribution in [1.82, 2.24) is 4.98 Å². The summed E-state index contributed by atoms with van der Waals surface area (Å²) < 4.78 is 5.19. The Hall–Kier alpha value is -2.01. The molecular weight excluding hydrogens is 274 g/mol. The quantitative estimate of drug-likeness (QED) is 0.521. The highest BCUT2D eigenvalue weighted by Crippen LogP contribution is 2.15. The zero-order chi connectivity index (χ0) is 14.5. The summed E-state index contributed by atoms with van der Waals surface area (Å²) in [6, 6.07) is 9.32. The Balaban J connectivity index is 1.95. The third-order valence-electron chi connectivity index (χ3n) is 2.84. The van der Waals surface area contributed by atoms with E-state index in [4.69, 9.17) is 4.74 Å². The van der Waals surface area contributed by atoms with Crippen LogP contribution in [0.25, 0.3) is 0 Å². The summed E-state index contributed by atoms with van der Waals surface area (Å²) in [5, 5.41) is 0. The molecule has 0 atom stereocenters. The molecule has 5 heteroatoms. The highest BCUT2D eigenvalue weighted by molar-refractivity contribution is 7.98. The minimum Gasteiger partial charge on any atom is -0.456 e. The number of aromatic amines is 1. The van der Waals surface area contributed by atoms with Gasteiger partial charge in [-0.1, -0.05) is 12.1 Å². The second kappa shape index (κ2) is 6.43. The summed E-state index contributed by atoms with van der Waals surface area (Å²) in [5.41, 5.74) is 1.69. The van der Waals surface area contributed by atoms with Gasteiger partial charge in [-0.25, -0.2) is 4.79 Å². The summed E-state index contributed by atoms with van der Waals surface area (Å²) >= 11 is 1.66. The maximum atomic E-state index is 11.8. The number of ether oxygens (including phenoxy) is 1. The van der Waals surface area contributed by atoms with E-state index >= 15 is 0 Å². The van der Waals surface area contributed by atoms with Gasteiger partial charge in [-0.2, -0.15) is 0 Å². The fourth-order valence-corrected chi connectivity index (χ4v) is 2.07.